The van der Waals surface area contributed by atoms with E-state index in [1.165, 1.54) is 6.33 Å². The van der Waals surface area contributed by atoms with Crippen LogP contribution in [0.2, 0.25) is 5.02 Å². The highest BCUT2D eigenvalue weighted by Gasteiger charge is 2.18. The highest BCUT2D eigenvalue weighted by Crippen LogP contribution is 2.24. The number of aromatic amines is 1. The standard InChI is InChI=1S/C10H15ClN6/c1-3-7-9(11)8(17(2)16-7)4-6(12)10-13-5-14-15-10/h5-6H,3-4,12H2,1-2H3,(H,13,14,15). The lowest BCUT2D eigenvalue weighted by Crippen LogP contribution is -2.17. The van der Waals surface area contributed by atoms with Crippen LogP contribution in [0.3, 0.4) is 0 Å². The molecule has 0 aliphatic carbocycles. The number of hydrogen-bond donors (Lipinski definition) is 2. The molecule has 0 radical (unpaired) electrons. The number of nitrogens with one attached hydrogen (secondary N) is 1. The molecule has 2 aromatic rings. The molecule has 0 bridgehead atoms. The fourth-order valence-corrected chi connectivity index (χ4v) is 2.11. The predicted molar refractivity (Wildman–Crippen MR) is 64.6 cm³/mol. The van der Waals surface area contributed by atoms with Crippen molar-refractivity contribution in [1.29, 1.82) is 0 Å². The summed E-state index contributed by atoms with van der Waals surface area (Å²) in [5.41, 5.74) is 7.85. The van der Waals surface area contributed by atoms with Gasteiger partial charge in [0.05, 0.1) is 22.5 Å². The summed E-state index contributed by atoms with van der Waals surface area (Å²) in [4.78, 5) is 4.03. The average Bonchev–Trinajstić information content (AvgIpc) is 2.92. The molecule has 92 valence electrons. The Labute approximate surface area is 104 Å². The van der Waals surface area contributed by atoms with Crippen LogP contribution < -0.4 is 5.73 Å². The Morgan fingerprint density at radius 2 is 2.35 bits per heavy atom. The molecule has 2 rings (SSSR count). The van der Waals surface area contributed by atoms with E-state index in [-0.39, 0.29) is 6.04 Å². The van der Waals surface area contributed by atoms with E-state index < -0.39 is 0 Å². The molecule has 6 nitrogen and oxygen atoms in total. The van der Waals surface area contributed by atoms with E-state index in [2.05, 4.69) is 20.3 Å². The number of halogens is 1. The van der Waals surface area contributed by atoms with Gasteiger partial charge in [-0.25, -0.2) is 4.98 Å². The Balaban J connectivity index is 2.21. The second kappa shape index (κ2) is 4.85. The Bertz CT molecular complexity index is 489. The SMILES string of the molecule is CCc1nn(C)c(CC(N)c2ncn[nH]2)c1Cl. The molecule has 7 heteroatoms. The van der Waals surface area contributed by atoms with Gasteiger partial charge < -0.3 is 5.73 Å². The lowest BCUT2D eigenvalue weighted by Gasteiger charge is -2.08. The van der Waals surface area contributed by atoms with Crippen molar-refractivity contribution < 1.29 is 0 Å². The van der Waals surface area contributed by atoms with Gasteiger partial charge in [0.25, 0.3) is 0 Å². The van der Waals surface area contributed by atoms with Crippen LogP contribution in [0.1, 0.15) is 30.2 Å². The third-order valence-corrected chi connectivity index (χ3v) is 3.14. The van der Waals surface area contributed by atoms with E-state index in [9.17, 15) is 0 Å². The van der Waals surface area contributed by atoms with Crippen LogP contribution in [0.25, 0.3) is 0 Å². The molecular formula is C10H15ClN6. The van der Waals surface area contributed by atoms with Gasteiger partial charge in [0.15, 0.2) is 0 Å². The van der Waals surface area contributed by atoms with E-state index in [0.29, 0.717) is 17.3 Å². The minimum absolute atomic E-state index is 0.255. The van der Waals surface area contributed by atoms with Crippen molar-refractivity contribution >= 4 is 11.6 Å². The maximum atomic E-state index is 6.25. The van der Waals surface area contributed by atoms with Gasteiger partial charge in [0.2, 0.25) is 0 Å². The molecule has 17 heavy (non-hydrogen) atoms. The van der Waals surface area contributed by atoms with Crippen molar-refractivity contribution in [2.24, 2.45) is 12.8 Å². The zero-order chi connectivity index (χ0) is 12.4. The maximum absolute atomic E-state index is 6.25. The number of hydrogen-bond acceptors (Lipinski definition) is 4. The molecule has 1 atom stereocenters. The minimum atomic E-state index is -0.255. The third kappa shape index (κ3) is 2.32. The Morgan fingerprint density at radius 1 is 1.59 bits per heavy atom. The van der Waals surface area contributed by atoms with Crippen LogP contribution in [0.15, 0.2) is 6.33 Å². The summed E-state index contributed by atoms with van der Waals surface area (Å²) in [7, 11) is 1.87. The molecule has 0 amide bonds. The fraction of sp³-hybridized carbons (Fsp3) is 0.500. The van der Waals surface area contributed by atoms with Gasteiger partial charge >= 0.3 is 0 Å². The van der Waals surface area contributed by atoms with Gasteiger partial charge in [0, 0.05) is 13.5 Å². The first kappa shape index (κ1) is 12.1. The molecule has 0 aliphatic rings. The zero-order valence-corrected chi connectivity index (χ0v) is 10.6. The van der Waals surface area contributed by atoms with E-state index in [0.717, 1.165) is 17.8 Å². The monoisotopic (exact) mass is 254 g/mol. The van der Waals surface area contributed by atoms with Gasteiger partial charge in [-0.05, 0) is 6.42 Å². The first-order valence-electron chi connectivity index (χ1n) is 5.44. The van der Waals surface area contributed by atoms with E-state index >= 15 is 0 Å². The first-order chi connectivity index (χ1) is 8.13. The zero-order valence-electron chi connectivity index (χ0n) is 9.81. The summed E-state index contributed by atoms with van der Waals surface area (Å²) in [5, 5.41) is 11.6. The molecule has 2 aromatic heterocycles. The third-order valence-electron chi connectivity index (χ3n) is 2.70. The van der Waals surface area contributed by atoms with Crippen molar-refractivity contribution in [3.63, 3.8) is 0 Å². The second-order valence-corrected chi connectivity index (χ2v) is 4.24. The van der Waals surface area contributed by atoms with E-state index in [1.54, 1.807) is 4.68 Å². The summed E-state index contributed by atoms with van der Waals surface area (Å²) in [5.74, 6) is 0.653. The number of rotatable bonds is 4. The van der Waals surface area contributed by atoms with Crippen molar-refractivity contribution in [2.75, 3.05) is 0 Å². The van der Waals surface area contributed by atoms with Crippen LogP contribution in [0, 0.1) is 0 Å². The number of nitrogens with zero attached hydrogens (tertiary/aromatic N) is 4. The van der Waals surface area contributed by atoms with Crippen molar-refractivity contribution in [2.45, 2.75) is 25.8 Å². The van der Waals surface area contributed by atoms with Gasteiger partial charge in [-0.3, -0.25) is 9.78 Å². The Hall–Kier alpha value is -1.40. The smallest absolute Gasteiger partial charge is 0.141 e. The molecule has 3 N–H and O–H groups in total. The largest absolute Gasteiger partial charge is 0.321 e. The number of aromatic nitrogens is 5. The lowest BCUT2D eigenvalue weighted by molar-refractivity contribution is 0.615. The topological polar surface area (TPSA) is 85.4 Å². The van der Waals surface area contributed by atoms with Crippen LogP contribution >= 0.6 is 11.6 Å². The van der Waals surface area contributed by atoms with Gasteiger partial charge in [0.1, 0.15) is 12.2 Å². The fourth-order valence-electron chi connectivity index (χ4n) is 1.74. The van der Waals surface area contributed by atoms with Crippen LogP contribution in [-0.2, 0) is 19.9 Å². The minimum Gasteiger partial charge on any atom is -0.321 e. The quantitative estimate of drug-likeness (QED) is 0.852. The van der Waals surface area contributed by atoms with Gasteiger partial charge in [-0.15, -0.1) is 0 Å². The van der Waals surface area contributed by atoms with Gasteiger partial charge in [-0.1, -0.05) is 18.5 Å². The molecule has 0 fully saturated rings. The van der Waals surface area contributed by atoms with E-state index in [4.69, 9.17) is 17.3 Å². The van der Waals surface area contributed by atoms with Crippen LogP contribution in [-0.4, -0.2) is 25.0 Å². The van der Waals surface area contributed by atoms with Crippen LogP contribution in [0.5, 0.6) is 0 Å². The number of H-pyrrole nitrogens is 1. The molecule has 0 saturated heterocycles. The molecule has 0 aliphatic heterocycles. The van der Waals surface area contributed by atoms with Crippen molar-refractivity contribution in [1.82, 2.24) is 25.0 Å². The molecule has 0 aromatic carbocycles. The summed E-state index contributed by atoms with van der Waals surface area (Å²) in [6.45, 7) is 2.02. The predicted octanol–water partition coefficient (Wildman–Crippen LogP) is 0.997. The van der Waals surface area contributed by atoms with Crippen LogP contribution in [0.4, 0.5) is 0 Å². The summed E-state index contributed by atoms with van der Waals surface area (Å²) < 4.78 is 1.78. The lowest BCUT2D eigenvalue weighted by atomic mass is 10.1. The average molecular weight is 255 g/mol. The Morgan fingerprint density at radius 3 is 2.88 bits per heavy atom. The Kier molecular flexibility index (Phi) is 3.44. The molecule has 2 heterocycles. The highest BCUT2D eigenvalue weighted by molar-refractivity contribution is 6.31. The second-order valence-electron chi connectivity index (χ2n) is 3.87. The number of nitrogens with two attached hydrogens (primary N) is 1. The summed E-state index contributed by atoms with van der Waals surface area (Å²) in [6, 6.07) is -0.255. The summed E-state index contributed by atoms with van der Waals surface area (Å²) >= 11 is 6.25. The molecule has 0 spiro atoms. The maximum Gasteiger partial charge on any atom is 0.141 e. The van der Waals surface area contributed by atoms with E-state index in [1.807, 2.05) is 14.0 Å². The van der Waals surface area contributed by atoms with Gasteiger partial charge in [-0.2, -0.15) is 10.2 Å². The number of aryl methyl sites for hydroxylation is 2. The highest BCUT2D eigenvalue weighted by atomic mass is 35.5. The van der Waals surface area contributed by atoms with Crippen molar-refractivity contribution in [3.8, 4) is 0 Å². The summed E-state index contributed by atoms with van der Waals surface area (Å²) in [6.07, 6.45) is 2.83. The first-order valence-corrected chi connectivity index (χ1v) is 5.82. The normalized spacial score (nSPS) is 12.9. The van der Waals surface area contributed by atoms with Crippen molar-refractivity contribution in [3.05, 3.63) is 28.6 Å². The molecular weight excluding hydrogens is 240 g/mol. The molecule has 1 unspecified atom stereocenters. The molecule has 0 saturated carbocycles.